The number of carbonyl (C=O) groups is 1. The van der Waals surface area contributed by atoms with Crippen LogP contribution in [0.15, 0.2) is 97.2 Å². The van der Waals surface area contributed by atoms with Crippen molar-refractivity contribution in [2.24, 2.45) is 0 Å². The molecule has 1 atom stereocenters. The largest absolute Gasteiger partial charge is 0.489 e. The maximum Gasteiger partial charge on any atom is 0.418 e. The Morgan fingerprint density at radius 1 is 0.929 bits per heavy atom. The fraction of sp³-hybridized carbons (Fsp3) is 0.152. The summed E-state index contributed by atoms with van der Waals surface area (Å²) in [5, 5.41) is 10.1. The molecule has 5 rings (SSSR count). The van der Waals surface area contributed by atoms with Gasteiger partial charge in [0.25, 0.3) is 0 Å². The number of hydrogen-bond acceptors (Lipinski definition) is 4. The highest BCUT2D eigenvalue weighted by Gasteiger charge is 2.33. The van der Waals surface area contributed by atoms with Crippen LogP contribution in [0.5, 0.6) is 11.5 Å². The molecule has 1 N–H and O–H groups in total. The van der Waals surface area contributed by atoms with Gasteiger partial charge in [0, 0.05) is 16.6 Å². The Hall–Kier alpha value is -4.56. The van der Waals surface area contributed by atoms with Crippen LogP contribution in [0.2, 0.25) is 5.02 Å². The molecule has 0 saturated heterocycles. The minimum atomic E-state index is -4.56. The highest BCUT2D eigenvalue weighted by molar-refractivity contribution is 6.30. The Balaban J connectivity index is 1.51. The standard InChI is InChI=1S/C33H25ClF3NO4/c1-20(32(39)40)42-27-8-2-5-22(16-27)19-41-26-7-3-6-23(17-26)30-24(15-21-11-13-25(34)14-12-21)18-38-31-28(30)9-4-10-29(31)33(35,36)37/h2-14,16-18,20H,15,19H2,1H3,(H,39,40). The third kappa shape index (κ3) is 6.66. The van der Waals surface area contributed by atoms with E-state index in [0.717, 1.165) is 22.8 Å². The maximum absolute atomic E-state index is 13.9. The molecule has 0 aliphatic heterocycles. The lowest BCUT2D eigenvalue weighted by molar-refractivity contribution is -0.144. The average molecular weight is 592 g/mol. The number of aromatic nitrogens is 1. The fourth-order valence-electron chi connectivity index (χ4n) is 4.66. The fourth-order valence-corrected chi connectivity index (χ4v) is 4.79. The van der Waals surface area contributed by atoms with Gasteiger partial charge in [-0.05, 0) is 83.6 Å². The first kappa shape index (κ1) is 29.0. The third-order valence-electron chi connectivity index (χ3n) is 6.68. The van der Waals surface area contributed by atoms with E-state index in [4.69, 9.17) is 26.2 Å². The minimum Gasteiger partial charge on any atom is -0.489 e. The first-order valence-electron chi connectivity index (χ1n) is 13.0. The van der Waals surface area contributed by atoms with E-state index in [2.05, 4.69) is 4.98 Å². The van der Waals surface area contributed by atoms with Crippen LogP contribution < -0.4 is 9.47 Å². The predicted octanol–water partition coefficient (Wildman–Crippen LogP) is 8.60. The molecule has 42 heavy (non-hydrogen) atoms. The number of pyridine rings is 1. The summed E-state index contributed by atoms with van der Waals surface area (Å²) in [5.74, 6) is -0.169. The highest BCUT2D eigenvalue weighted by Crippen LogP contribution is 2.39. The van der Waals surface area contributed by atoms with E-state index in [0.29, 0.717) is 39.5 Å². The molecule has 1 unspecified atom stereocenters. The first-order chi connectivity index (χ1) is 20.1. The zero-order valence-corrected chi connectivity index (χ0v) is 23.1. The Labute approximate surface area is 245 Å². The van der Waals surface area contributed by atoms with Gasteiger partial charge in [-0.3, -0.25) is 4.98 Å². The molecule has 9 heteroatoms. The van der Waals surface area contributed by atoms with Crippen molar-refractivity contribution < 1.29 is 32.5 Å². The van der Waals surface area contributed by atoms with Gasteiger partial charge in [0.1, 0.15) is 18.1 Å². The number of aliphatic carboxylic acids is 1. The number of hydrogen-bond donors (Lipinski definition) is 1. The number of carboxylic acids is 1. The molecule has 1 heterocycles. The second-order valence-electron chi connectivity index (χ2n) is 9.72. The van der Waals surface area contributed by atoms with E-state index in [9.17, 15) is 18.0 Å². The zero-order valence-electron chi connectivity index (χ0n) is 22.4. The van der Waals surface area contributed by atoms with Crippen molar-refractivity contribution in [3.05, 3.63) is 124 Å². The molecule has 5 nitrogen and oxygen atoms in total. The molecule has 0 aliphatic carbocycles. The summed E-state index contributed by atoms with van der Waals surface area (Å²) in [6.45, 7) is 1.60. The quantitative estimate of drug-likeness (QED) is 0.186. The molecule has 0 spiro atoms. The minimum absolute atomic E-state index is 0.126. The lowest BCUT2D eigenvalue weighted by atomic mass is 9.92. The summed E-state index contributed by atoms with van der Waals surface area (Å²) in [6, 6.07) is 25.4. The Morgan fingerprint density at radius 3 is 2.38 bits per heavy atom. The van der Waals surface area contributed by atoms with Crippen molar-refractivity contribution in [1.29, 1.82) is 0 Å². The lowest BCUT2D eigenvalue weighted by Crippen LogP contribution is -2.22. The molecule has 0 aliphatic rings. The van der Waals surface area contributed by atoms with E-state index in [1.807, 2.05) is 24.3 Å². The molecule has 5 aromatic rings. The van der Waals surface area contributed by atoms with Gasteiger partial charge in [0.15, 0.2) is 6.10 Å². The Morgan fingerprint density at radius 2 is 1.64 bits per heavy atom. The molecule has 0 radical (unpaired) electrons. The number of para-hydroxylation sites is 1. The summed E-state index contributed by atoms with van der Waals surface area (Å²) in [4.78, 5) is 15.4. The second kappa shape index (κ2) is 12.1. The van der Waals surface area contributed by atoms with Crippen molar-refractivity contribution in [1.82, 2.24) is 4.98 Å². The zero-order chi connectivity index (χ0) is 29.9. The molecule has 1 aromatic heterocycles. The highest BCUT2D eigenvalue weighted by atomic mass is 35.5. The second-order valence-corrected chi connectivity index (χ2v) is 10.2. The van der Waals surface area contributed by atoms with Gasteiger partial charge in [-0.25, -0.2) is 4.79 Å². The SMILES string of the molecule is CC(Oc1cccc(COc2cccc(-c3c(Cc4ccc(Cl)cc4)cnc4c(C(F)(F)F)cccc34)c2)c1)C(=O)O. The van der Waals surface area contributed by atoms with Gasteiger partial charge < -0.3 is 14.6 Å². The van der Waals surface area contributed by atoms with Crippen molar-refractivity contribution in [3.63, 3.8) is 0 Å². The van der Waals surface area contributed by atoms with E-state index in [-0.39, 0.29) is 12.1 Å². The van der Waals surface area contributed by atoms with E-state index >= 15 is 0 Å². The molecular weight excluding hydrogens is 567 g/mol. The summed E-state index contributed by atoms with van der Waals surface area (Å²) < 4.78 is 53.2. The lowest BCUT2D eigenvalue weighted by Gasteiger charge is -2.17. The van der Waals surface area contributed by atoms with Gasteiger partial charge in [0.2, 0.25) is 0 Å². The van der Waals surface area contributed by atoms with Crippen molar-refractivity contribution in [3.8, 4) is 22.6 Å². The van der Waals surface area contributed by atoms with Crippen molar-refractivity contribution in [2.75, 3.05) is 0 Å². The van der Waals surface area contributed by atoms with E-state index in [1.54, 1.807) is 54.6 Å². The van der Waals surface area contributed by atoms with Crippen LogP contribution in [0.3, 0.4) is 0 Å². The first-order valence-corrected chi connectivity index (χ1v) is 13.4. The van der Waals surface area contributed by atoms with Gasteiger partial charge >= 0.3 is 12.1 Å². The summed E-state index contributed by atoms with van der Waals surface area (Å²) in [7, 11) is 0. The van der Waals surface area contributed by atoms with Crippen LogP contribution in [0.25, 0.3) is 22.0 Å². The van der Waals surface area contributed by atoms with E-state index in [1.165, 1.54) is 19.2 Å². The Kier molecular flexibility index (Phi) is 8.36. The number of rotatable bonds is 9. The summed E-state index contributed by atoms with van der Waals surface area (Å²) in [5.41, 5.74) is 2.81. The number of halogens is 4. The molecule has 214 valence electrons. The molecule has 0 amide bonds. The summed E-state index contributed by atoms with van der Waals surface area (Å²) in [6.07, 6.45) is -3.64. The van der Waals surface area contributed by atoms with E-state index < -0.39 is 23.8 Å². The van der Waals surface area contributed by atoms with Crippen molar-refractivity contribution in [2.45, 2.75) is 32.2 Å². The number of carboxylic acid groups (broad SMARTS) is 1. The van der Waals surface area contributed by atoms with Gasteiger partial charge in [-0.1, -0.05) is 60.1 Å². The van der Waals surface area contributed by atoms with Crippen LogP contribution in [0, 0.1) is 0 Å². The predicted molar refractivity (Wildman–Crippen MR) is 155 cm³/mol. The molecular formula is C33H25ClF3NO4. The average Bonchev–Trinajstić information content (AvgIpc) is 2.96. The monoisotopic (exact) mass is 591 g/mol. The summed E-state index contributed by atoms with van der Waals surface area (Å²) >= 11 is 6.05. The number of ether oxygens (including phenoxy) is 2. The number of benzene rings is 4. The van der Waals surface area contributed by atoms with Gasteiger partial charge in [-0.15, -0.1) is 0 Å². The Bertz CT molecular complexity index is 1740. The third-order valence-corrected chi connectivity index (χ3v) is 6.93. The smallest absolute Gasteiger partial charge is 0.418 e. The van der Waals surface area contributed by atoms with Crippen LogP contribution in [0.4, 0.5) is 13.2 Å². The van der Waals surface area contributed by atoms with Crippen molar-refractivity contribution >= 4 is 28.5 Å². The number of nitrogens with zero attached hydrogens (tertiary/aromatic N) is 1. The van der Waals surface area contributed by atoms with Crippen LogP contribution in [0.1, 0.15) is 29.2 Å². The maximum atomic E-state index is 13.9. The molecule has 4 aromatic carbocycles. The molecule has 0 bridgehead atoms. The number of alkyl halides is 3. The number of fused-ring (bicyclic) bond motifs is 1. The normalized spacial score (nSPS) is 12.2. The van der Waals surface area contributed by atoms with Gasteiger partial charge in [0.05, 0.1) is 11.1 Å². The topological polar surface area (TPSA) is 68.7 Å². The molecule has 0 fully saturated rings. The van der Waals surface area contributed by atoms with Crippen LogP contribution in [-0.4, -0.2) is 22.2 Å². The van der Waals surface area contributed by atoms with Crippen LogP contribution in [-0.2, 0) is 24.0 Å². The van der Waals surface area contributed by atoms with Gasteiger partial charge in [-0.2, -0.15) is 13.2 Å². The van der Waals surface area contributed by atoms with Crippen LogP contribution >= 0.6 is 11.6 Å². The molecule has 0 saturated carbocycles.